The van der Waals surface area contributed by atoms with Gasteiger partial charge in [-0.25, -0.2) is 0 Å². The Morgan fingerprint density at radius 2 is 1.61 bits per heavy atom. The summed E-state index contributed by atoms with van der Waals surface area (Å²) < 4.78 is 12.5. The Morgan fingerprint density at radius 1 is 1.00 bits per heavy atom. The van der Waals surface area contributed by atoms with E-state index in [1.54, 1.807) is 0 Å². The molecule has 0 aromatic heterocycles. The molecule has 0 N–H and O–H groups in total. The number of rotatable bonds is 1. The Morgan fingerprint density at radius 3 is 2.17 bits per heavy atom. The van der Waals surface area contributed by atoms with Crippen LogP contribution in [0.4, 0.5) is 0 Å². The summed E-state index contributed by atoms with van der Waals surface area (Å²) in [6.07, 6.45) is 6.93. The predicted molar refractivity (Wildman–Crippen MR) is 74.5 cm³/mol. The van der Waals surface area contributed by atoms with E-state index < -0.39 is 0 Å². The van der Waals surface area contributed by atoms with Crippen molar-refractivity contribution in [3.05, 3.63) is 0 Å². The fraction of sp³-hybridized carbons (Fsp3) is 1.00. The minimum atomic E-state index is -0.165. The van der Waals surface area contributed by atoms with Gasteiger partial charge in [0, 0.05) is 5.82 Å². The average molecular weight is 250 g/mol. The van der Waals surface area contributed by atoms with Gasteiger partial charge < -0.3 is 9.31 Å². The molecule has 18 heavy (non-hydrogen) atoms. The molecule has 1 saturated heterocycles. The molecule has 102 valence electrons. The lowest BCUT2D eigenvalue weighted by Gasteiger charge is -2.32. The van der Waals surface area contributed by atoms with Crippen LogP contribution >= 0.6 is 0 Å². The van der Waals surface area contributed by atoms with Gasteiger partial charge in [-0.2, -0.15) is 0 Å². The smallest absolute Gasteiger partial charge is 0.403 e. The fourth-order valence-corrected chi connectivity index (χ4v) is 4.04. The van der Waals surface area contributed by atoms with Gasteiger partial charge in [-0.3, -0.25) is 0 Å². The van der Waals surface area contributed by atoms with Gasteiger partial charge in [0.1, 0.15) is 0 Å². The van der Waals surface area contributed by atoms with E-state index in [2.05, 4.69) is 34.6 Å². The van der Waals surface area contributed by atoms with Crippen LogP contribution in [0.5, 0.6) is 0 Å². The summed E-state index contributed by atoms with van der Waals surface area (Å²) in [4.78, 5) is 0. The Hall–Kier alpha value is -0.0151. The van der Waals surface area contributed by atoms with Crippen molar-refractivity contribution < 1.29 is 9.31 Å². The first-order chi connectivity index (χ1) is 8.26. The molecule has 3 unspecified atom stereocenters. The van der Waals surface area contributed by atoms with Crippen molar-refractivity contribution in [2.75, 3.05) is 0 Å². The van der Waals surface area contributed by atoms with Gasteiger partial charge in [0.05, 0.1) is 11.2 Å². The molecule has 2 nitrogen and oxygen atoms in total. The summed E-state index contributed by atoms with van der Waals surface area (Å²) >= 11 is 0. The van der Waals surface area contributed by atoms with Crippen LogP contribution in [-0.2, 0) is 9.31 Å². The molecule has 1 heterocycles. The summed E-state index contributed by atoms with van der Waals surface area (Å²) in [6, 6.07) is 0. The molecule has 1 spiro atoms. The summed E-state index contributed by atoms with van der Waals surface area (Å²) in [5.74, 6) is 1.55. The molecule has 0 aromatic carbocycles. The molecule has 0 aromatic rings. The molecule has 0 radical (unpaired) electrons. The number of hydrogen-bond acceptors (Lipinski definition) is 2. The zero-order chi connectivity index (χ0) is 13.2. The van der Waals surface area contributed by atoms with Gasteiger partial charge in [-0.1, -0.05) is 19.8 Å². The summed E-state index contributed by atoms with van der Waals surface area (Å²) in [7, 11) is 0.0419. The third-order valence-electron chi connectivity index (χ3n) is 5.98. The van der Waals surface area contributed by atoms with E-state index in [0.29, 0.717) is 11.2 Å². The lowest BCUT2D eigenvalue weighted by atomic mass is 9.70. The van der Waals surface area contributed by atoms with E-state index in [0.717, 1.165) is 5.92 Å². The highest BCUT2D eigenvalue weighted by Gasteiger charge is 2.66. The fourth-order valence-electron chi connectivity index (χ4n) is 4.04. The second kappa shape index (κ2) is 3.76. The van der Waals surface area contributed by atoms with Gasteiger partial charge in [0.25, 0.3) is 0 Å². The highest BCUT2D eigenvalue weighted by Crippen LogP contribution is 2.69. The van der Waals surface area contributed by atoms with Crippen molar-refractivity contribution in [3.8, 4) is 0 Å². The van der Waals surface area contributed by atoms with E-state index >= 15 is 0 Å². The first-order valence-electron chi connectivity index (χ1n) is 7.61. The average Bonchev–Trinajstić information content (AvgIpc) is 2.83. The van der Waals surface area contributed by atoms with Crippen LogP contribution in [-0.4, -0.2) is 18.3 Å². The van der Waals surface area contributed by atoms with Crippen LogP contribution in [0.2, 0.25) is 5.82 Å². The molecule has 3 aliphatic rings. The summed E-state index contributed by atoms with van der Waals surface area (Å²) in [5, 5.41) is 0. The molecule has 3 heteroatoms. The number of hydrogen-bond donors (Lipinski definition) is 0. The lowest BCUT2D eigenvalue weighted by molar-refractivity contribution is 0.00578. The maximum atomic E-state index is 6.23. The third-order valence-corrected chi connectivity index (χ3v) is 5.98. The van der Waals surface area contributed by atoms with E-state index in [4.69, 9.17) is 9.31 Å². The van der Waals surface area contributed by atoms with Crippen LogP contribution in [0.25, 0.3) is 0 Å². The maximum absolute atomic E-state index is 6.23. The molecule has 3 rings (SSSR count). The van der Waals surface area contributed by atoms with E-state index in [1.807, 2.05) is 0 Å². The van der Waals surface area contributed by atoms with Gasteiger partial charge in [-0.05, 0) is 58.3 Å². The Kier molecular flexibility index (Phi) is 2.71. The lowest BCUT2D eigenvalue weighted by Crippen LogP contribution is -2.41. The molecular weight excluding hydrogens is 223 g/mol. The monoisotopic (exact) mass is 250 g/mol. The van der Waals surface area contributed by atoms with E-state index in [9.17, 15) is 0 Å². The highest BCUT2D eigenvalue weighted by molar-refractivity contribution is 6.49. The third kappa shape index (κ3) is 1.86. The second-order valence-corrected chi connectivity index (χ2v) is 8.00. The summed E-state index contributed by atoms with van der Waals surface area (Å²) in [6.45, 7) is 11.0. The first-order valence-corrected chi connectivity index (χ1v) is 7.61. The minimum Gasteiger partial charge on any atom is -0.403 e. The molecule has 3 atom stereocenters. The van der Waals surface area contributed by atoms with Crippen LogP contribution in [0.3, 0.4) is 0 Å². The van der Waals surface area contributed by atoms with Gasteiger partial charge in [-0.15, -0.1) is 0 Å². The van der Waals surface area contributed by atoms with Crippen molar-refractivity contribution in [2.24, 2.45) is 11.3 Å². The zero-order valence-corrected chi connectivity index (χ0v) is 12.6. The van der Waals surface area contributed by atoms with Crippen molar-refractivity contribution in [1.29, 1.82) is 0 Å². The standard InChI is InChI=1S/C15H27BO2/c1-11-7-6-8-15(9-11)10-12(15)16-17-13(2,3)14(4,5)18-16/h11-12H,6-10H2,1-5H3. The van der Waals surface area contributed by atoms with E-state index in [-0.39, 0.29) is 18.3 Å². The maximum Gasteiger partial charge on any atom is 0.461 e. The Bertz CT molecular complexity index is 336. The SMILES string of the molecule is CC1CCCC2(C1)CC2B1OC(C)(C)C(C)(C)O1. The molecule has 1 aliphatic heterocycles. The molecule has 3 fully saturated rings. The largest absolute Gasteiger partial charge is 0.461 e. The Balaban J connectivity index is 1.69. The van der Waals surface area contributed by atoms with Crippen LogP contribution in [0.15, 0.2) is 0 Å². The van der Waals surface area contributed by atoms with Crippen molar-refractivity contribution in [2.45, 2.75) is 83.7 Å². The molecule has 0 bridgehead atoms. The zero-order valence-electron chi connectivity index (χ0n) is 12.6. The quantitative estimate of drug-likeness (QED) is 0.653. The topological polar surface area (TPSA) is 18.5 Å². The molecule has 2 aliphatic carbocycles. The van der Waals surface area contributed by atoms with Gasteiger partial charge in [0.2, 0.25) is 0 Å². The van der Waals surface area contributed by atoms with Crippen molar-refractivity contribution in [3.63, 3.8) is 0 Å². The highest BCUT2D eigenvalue weighted by atomic mass is 16.7. The van der Waals surface area contributed by atoms with Gasteiger partial charge in [0.15, 0.2) is 0 Å². The minimum absolute atomic E-state index is 0.0419. The summed E-state index contributed by atoms with van der Waals surface area (Å²) in [5.41, 5.74) is 0.238. The predicted octanol–water partition coefficient (Wildman–Crippen LogP) is 4.05. The molecular formula is C15H27BO2. The van der Waals surface area contributed by atoms with Crippen LogP contribution in [0, 0.1) is 11.3 Å². The van der Waals surface area contributed by atoms with Crippen molar-refractivity contribution >= 4 is 7.12 Å². The molecule has 2 saturated carbocycles. The van der Waals surface area contributed by atoms with E-state index in [1.165, 1.54) is 32.1 Å². The van der Waals surface area contributed by atoms with Gasteiger partial charge >= 0.3 is 7.12 Å². The first kappa shape index (κ1) is 13.0. The van der Waals surface area contributed by atoms with Crippen molar-refractivity contribution in [1.82, 2.24) is 0 Å². The second-order valence-electron chi connectivity index (χ2n) is 8.00. The van der Waals surface area contributed by atoms with Crippen LogP contribution < -0.4 is 0 Å². The molecule has 0 amide bonds. The normalized spacial score (nSPS) is 45.5. The van der Waals surface area contributed by atoms with Crippen LogP contribution in [0.1, 0.15) is 66.7 Å². The Labute approximate surface area is 112 Å².